The number of likely N-dealkylation sites (N-methyl/N-ethyl adjacent to an activating group) is 1. The highest BCUT2D eigenvalue weighted by Gasteiger charge is 2.21. The van der Waals surface area contributed by atoms with Gasteiger partial charge >= 0.3 is 17.9 Å². The van der Waals surface area contributed by atoms with Crippen molar-refractivity contribution in [2.75, 3.05) is 26.8 Å². The molecule has 0 aromatic heterocycles. The molecule has 0 aromatic rings. The Morgan fingerprint density at radius 2 is 1.50 bits per heavy atom. The predicted molar refractivity (Wildman–Crippen MR) is 113 cm³/mol. The normalized spacial score (nSPS) is 10.8. The molecule has 0 N–H and O–H groups in total. The molecule has 0 aromatic carbocycles. The van der Waals surface area contributed by atoms with E-state index in [0.29, 0.717) is 6.61 Å². The third-order valence-corrected chi connectivity index (χ3v) is 3.95. The molecule has 0 radical (unpaired) electrons. The second-order valence-electron chi connectivity index (χ2n) is 8.18. The Bertz CT molecular complexity index is 593. The molecule has 0 heterocycles. The number of esters is 3. The maximum Gasteiger partial charge on any atom is 0.334 e. The molecule has 8 nitrogen and oxygen atoms in total. The summed E-state index contributed by atoms with van der Waals surface area (Å²) >= 11 is 0. The molecule has 0 atom stereocenters. The summed E-state index contributed by atoms with van der Waals surface area (Å²) in [5, 5.41) is 0. The Kier molecular flexibility index (Phi) is 13.4. The van der Waals surface area contributed by atoms with Crippen LogP contribution in [0.1, 0.15) is 72.6 Å². The zero-order chi connectivity index (χ0) is 23.2. The van der Waals surface area contributed by atoms with Crippen LogP contribution in [0.3, 0.4) is 0 Å². The van der Waals surface area contributed by atoms with Gasteiger partial charge in [0.1, 0.15) is 12.1 Å². The van der Waals surface area contributed by atoms with Crippen LogP contribution in [-0.2, 0) is 33.4 Å². The summed E-state index contributed by atoms with van der Waals surface area (Å²) in [5.74, 6) is -2.56. The van der Waals surface area contributed by atoms with Crippen molar-refractivity contribution in [1.29, 1.82) is 0 Å². The average molecular weight is 428 g/mol. The number of unbranched alkanes of at least 4 members (excludes halogenated alkanes) is 5. The lowest BCUT2D eigenvalue weighted by Crippen LogP contribution is -2.38. The van der Waals surface area contributed by atoms with Gasteiger partial charge in [0.2, 0.25) is 0 Å². The van der Waals surface area contributed by atoms with E-state index in [1.54, 1.807) is 20.8 Å². The molecule has 0 saturated carbocycles. The van der Waals surface area contributed by atoms with E-state index in [2.05, 4.69) is 13.5 Å². The molecule has 0 bridgehead atoms. The Hall–Kier alpha value is -2.38. The average Bonchev–Trinajstić information content (AvgIpc) is 2.63. The van der Waals surface area contributed by atoms with Crippen LogP contribution in [0.25, 0.3) is 0 Å². The van der Waals surface area contributed by atoms with Crippen LogP contribution in [-0.4, -0.2) is 61.1 Å². The third-order valence-electron chi connectivity index (χ3n) is 3.95. The van der Waals surface area contributed by atoms with E-state index < -0.39 is 36.0 Å². The smallest absolute Gasteiger partial charge is 0.334 e. The highest BCUT2D eigenvalue weighted by atomic mass is 16.6. The lowest BCUT2D eigenvalue weighted by Gasteiger charge is -2.22. The highest BCUT2D eigenvalue weighted by Crippen LogP contribution is 2.08. The molecule has 1 amide bonds. The van der Waals surface area contributed by atoms with Crippen LogP contribution < -0.4 is 0 Å². The molecule has 0 aliphatic carbocycles. The third kappa shape index (κ3) is 14.6. The van der Waals surface area contributed by atoms with Gasteiger partial charge in [-0.25, -0.2) is 4.79 Å². The minimum absolute atomic E-state index is 0.0921. The Morgan fingerprint density at radius 3 is 2.10 bits per heavy atom. The number of carbonyl (C=O) groups excluding carboxylic acids is 4. The molecule has 172 valence electrons. The van der Waals surface area contributed by atoms with E-state index in [1.807, 2.05) is 0 Å². The topological polar surface area (TPSA) is 99.2 Å². The molecule has 0 unspecified atom stereocenters. The molecule has 0 aliphatic heterocycles. The number of amides is 1. The van der Waals surface area contributed by atoms with Gasteiger partial charge in [-0.05, 0) is 27.2 Å². The summed E-state index contributed by atoms with van der Waals surface area (Å²) in [5.41, 5.74) is -0.750. The van der Waals surface area contributed by atoms with Gasteiger partial charge in [-0.1, -0.05) is 45.6 Å². The van der Waals surface area contributed by atoms with Crippen LogP contribution in [0.2, 0.25) is 0 Å². The zero-order valence-corrected chi connectivity index (χ0v) is 19.1. The second kappa shape index (κ2) is 14.6. The summed E-state index contributed by atoms with van der Waals surface area (Å²) in [6.45, 7) is 10.3. The maximum absolute atomic E-state index is 12.0. The number of hydrogen-bond donors (Lipinski definition) is 0. The van der Waals surface area contributed by atoms with Crippen molar-refractivity contribution in [1.82, 2.24) is 4.90 Å². The van der Waals surface area contributed by atoms with Gasteiger partial charge in [0.25, 0.3) is 5.91 Å². The highest BCUT2D eigenvalue weighted by molar-refractivity contribution is 5.94. The summed E-state index contributed by atoms with van der Waals surface area (Å²) < 4.78 is 15.1. The van der Waals surface area contributed by atoms with E-state index in [1.165, 1.54) is 26.3 Å². The zero-order valence-electron chi connectivity index (χ0n) is 19.1. The van der Waals surface area contributed by atoms with E-state index in [9.17, 15) is 19.2 Å². The van der Waals surface area contributed by atoms with Gasteiger partial charge in [-0.3, -0.25) is 14.4 Å². The number of ether oxygens (including phenoxy) is 3. The monoisotopic (exact) mass is 427 g/mol. The van der Waals surface area contributed by atoms with Crippen LogP contribution in [0.5, 0.6) is 0 Å². The Labute approximate surface area is 179 Å². The lowest BCUT2D eigenvalue weighted by atomic mass is 10.1. The lowest BCUT2D eigenvalue weighted by molar-refractivity contribution is -0.159. The van der Waals surface area contributed by atoms with E-state index >= 15 is 0 Å². The minimum Gasteiger partial charge on any atom is -0.465 e. The van der Waals surface area contributed by atoms with Crippen molar-refractivity contribution >= 4 is 23.8 Å². The maximum atomic E-state index is 12.0. The van der Waals surface area contributed by atoms with Gasteiger partial charge < -0.3 is 19.1 Å². The molecule has 30 heavy (non-hydrogen) atoms. The van der Waals surface area contributed by atoms with Crippen molar-refractivity contribution in [3.05, 3.63) is 12.2 Å². The summed E-state index contributed by atoms with van der Waals surface area (Å²) in [6, 6.07) is 0. The van der Waals surface area contributed by atoms with E-state index in [4.69, 9.17) is 14.2 Å². The Morgan fingerprint density at radius 1 is 0.900 bits per heavy atom. The standard InChI is InChI=1S/C22H37NO7/c1-7-8-9-10-11-12-13-28-19(25)14-17(2)21(27)29-16-18(24)23(6)15-20(26)30-22(3,4)5/h2,7-16H2,1,3-6H3. The van der Waals surface area contributed by atoms with Crippen molar-refractivity contribution < 1.29 is 33.4 Å². The first-order valence-electron chi connectivity index (χ1n) is 10.4. The molecule has 0 saturated heterocycles. The fourth-order valence-corrected chi connectivity index (χ4v) is 2.36. The number of rotatable bonds is 14. The van der Waals surface area contributed by atoms with Gasteiger partial charge in [0, 0.05) is 12.6 Å². The first-order valence-corrected chi connectivity index (χ1v) is 10.4. The molecule has 0 fully saturated rings. The van der Waals surface area contributed by atoms with E-state index in [0.717, 1.165) is 24.2 Å². The summed E-state index contributed by atoms with van der Waals surface area (Å²) in [4.78, 5) is 48.5. The fraction of sp³-hybridized carbons (Fsp3) is 0.727. The fourth-order valence-electron chi connectivity index (χ4n) is 2.36. The van der Waals surface area contributed by atoms with Gasteiger partial charge in [-0.2, -0.15) is 0 Å². The number of carbonyl (C=O) groups is 4. The Balaban J connectivity index is 4.08. The largest absolute Gasteiger partial charge is 0.465 e. The summed E-state index contributed by atoms with van der Waals surface area (Å²) in [7, 11) is 1.40. The molecule has 0 aliphatic rings. The second-order valence-corrected chi connectivity index (χ2v) is 8.18. The predicted octanol–water partition coefficient (Wildman–Crippen LogP) is 3.18. The van der Waals surface area contributed by atoms with Crippen LogP contribution >= 0.6 is 0 Å². The van der Waals surface area contributed by atoms with Crippen molar-refractivity contribution in [3.63, 3.8) is 0 Å². The molecule has 0 rings (SSSR count). The molecule has 0 spiro atoms. The van der Waals surface area contributed by atoms with Crippen LogP contribution in [0.15, 0.2) is 12.2 Å². The van der Waals surface area contributed by atoms with Gasteiger partial charge in [0.05, 0.1) is 13.0 Å². The van der Waals surface area contributed by atoms with Gasteiger partial charge in [0.15, 0.2) is 6.61 Å². The first kappa shape index (κ1) is 27.6. The number of nitrogens with zero attached hydrogens (tertiary/aromatic N) is 1. The SMILES string of the molecule is C=C(CC(=O)OCCCCCCCC)C(=O)OCC(=O)N(C)CC(=O)OC(C)(C)C. The molecular formula is C22H37NO7. The first-order chi connectivity index (χ1) is 14.0. The van der Waals surface area contributed by atoms with Gasteiger partial charge in [-0.15, -0.1) is 0 Å². The molecular weight excluding hydrogens is 390 g/mol. The summed E-state index contributed by atoms with van der Waals surface area (Å²) in [6.07, 6.45) is 6.16. The quantitative estimate of drug-likeness (QED) is 0.182. The molecule has 8 heteroatoms. The minimum atomic E-state index is -0.856. The van der Waals surface area contributed by atoms with E-state index in [-0.39, 0.29) is 18.5 Å². The van der Waals surface area contributed by atoms with Crippen LogP contribution in [0.4, 0.5) is 0 Å². The van der Waals surface area contributed by atoms with Crippen molar-refractivity contribution in [3.8, 4) is 0 Å². The number of hydrogen-bond acceptors (Lipinski definition) is 7. The van der Waals surface area contributed by atoms with Crippen molar-refractivity contribution in [2.24, 2.45) is 0 Å². The van der Waals surface area contributed by atoms with Crippen LogP contribution in [0, 0.1) is 0 Å². The van der Waals surface area contributed by atoms with Crippen molar-refractivity contribution in [2.45, 2.75) is 78.2 Å².